The summed E-state index contributed by atoms with van der Waals surface area (Å²) in [5.41, 5.74) is 0. The first-order valence-corrected chi connectivity index (χ1v) is 19.0. The van der Waals surface area contributed by atoms with Gasteiger partial charge in [-0.15, -0.1) is 0 Å². The van der Waals surface area contributed by atoms with Gasteiger partial charge in [0.25, 0.3) is 0 Å². The SMILES string of the molecule is COc1ccc(OC)c(S(=O)(=O)N2[C@@H]3CS(=O)(=O)C[C@H]3N(S(=O)(=O)c3cc(OC)ccc3OC)[C@H]3CS(=O)(=O)C[C@H]32)c1. The molecule has 2 aromatic rings. The molecule has 0 N–H and O–H groups in total. The third-order valence-corrected chi connectivity index (χ3v) is 15.1. The van der Waals surface area contributed by atoms with Crippen LogP contribution in [0.15, 0.2) is 46.2 Å². The molecule has 3 saturated heterocycles. The molecule has 5 rings (SSSR count). The van der Waals surface area contributed by atoms with Crippen molar-refractivity contribution in [3.8, 4) is 23.0 Å². The van der Waals surface area contributed by atoms with Gasteiger partial charge in [-0.3, -0.25) is 0 Å². The summed E-state index contributed by atoms with van der Waals surface area (Å²) in [6, 6.07) is 2.29. The Morgan fingerprint density at radius 1 is 0.571 bits per heavy atom. The van der Waals surface area contributed by atoms with Crippen molar-refractivity contribution in [3.05, 3.63) is 36.4 Å². The van der Waals surface area contributed by atoms with Crippen molar-refractivity contribution >= 4 is 39.7 Å². The van der Waals surface area contributed by atoms with Crippen LogP contribution in [0.5, 0.6) is 23.0 Å². The first-order valence-electron chi connectivity index (χ1n) is 12.5. The van der Waals surface area contributed by atoms with Crippen LogP contribution in [0.3, 0.4) is 0 Å². The van der Waals surface area contributed by atoms with E-state index in [4.69, 9.17) is 18.9 Å². The molecule has 232 valence electrons. The molecule has 3 aliphatic rings. The van der Waals surface area contributed by atoms with Crippen molar-refractivity contribution in [2.24, 2.45) is 0 Å². The third kappa shape index (κ3) is 5.00. The second kappa shape index (κ2) is 10.5. The normalized spacial score (nSPS) is 27.1. The van der Waals surface area contributed by atoms with Crippen LogP contribution < -0.4 is 18.9 Å². The molecule has 3 fully saturated rings. The number of fused-ring (bicyclic) bond motifs is 2. The van der Waals surface area contributed by atoms with E-state index in [9.17, 15) is 33.7 Å². The number of methoxy groups -OCH3 is 4. The zero-order chi connectivity index (χ0) is 30.8. The maximum atomic E-state index is 14.3. The number of hydrogen-bond donors (Lipinski definition) is 0. The number of sulfone groups is 2. The van der Waals surface area contributed by atoms with Crippen molar-refractivity contribution < 1.29 is 52.6 Å². The molecule has 3 aliphatic heterocycles. The zero-order valence-corrected chi connectivity index (χ0v) is 26.3. The van der Waals surface area contributed by atoms with Crippen LogP contribution in [0.1, 0.15) is 0 Å². The summed E-state index contributed by atoms with van der Waals surface area (Å²) >= 11 is 0. The lowest BCUT2D eigenvalue weighted by atomic mass is 10.0. The first-order chi connectivity index (χ1) is 19.6. The standard InChI is InChI=1S/C24H30N2O12S4/c1-35-15-5-7-21(37-3)23(9-15)41(31,32)25-17-11-39(27,28)13-19(17)26(20-14-40(29,30)12-18(20)25)42(33,34)24-10-16(36-2)6-8-22(24)38-4/h5-10,17-20H,11-14H2,1-4H3/t17-,18-,19-,20+/m1/s1. The molecule has 0 aliphatic carbocycles. The van der Waals surface area contributed by atoms with E-state index in [-0.39, 0.29) is 32.8 Å². The van der Waals surface area contributed by atoms with Gasteiger partial charge in [0.15, 0.2) is 19.7 Å². The van der Waals surface area contributed by atoms with Gasteiger partial charge in [0.1, 0.15) is 32.8 Å². The molecule has 0 unspecified atom stereocenters. The van der Waals surface area contributed by atoms with Gasteiger partial charge < -0.3 is 18.9 Å². The Morgan fingerprint density at radius 3 is 1.14 bits per heavy atom. The zero-order valence-electron chi connectivity index (χ0n) is 23.0. The Hall–Kier alpha value is -2.64. The minimum atomic E-state index is -4.67. The number of sulfonamides is 2. The van der Waals surface area contributed by atoms with Gasteiger partial charge in [-0.1, -0.05) is 0 Å². The molecule has 0 aromatic heterocycles. The Labute approximate surface area is 245 Å². The van der Waals surface area contributed by atoms with Crippen LogP contribution in [0.25, 0.3) is 0 Å². The second-order valence-electron chi connectivity index (χ2n) is 10.1. The average Bonchev–Trinajstić information content (AvgIpc) is 3.42. The fraction of sp³-hybridized carbons (Fsp3) is 0.500. The van der Waals surface area contributed by atoms with Gasteiger partial charge in [0, 0.05) is 12.1 Å². The number of hydrogen-bond acceptors (Lipinski definition) is 12. The minimum absolute atomic E-state index is 0.0817. The smallest absolute Gasteiger partial charge is 0.247 e. The van der Waals surface area contributed by atoms with E-state index in [0.717, 1.165) is 8.61 Å². The monoisotopic (exact) mass is 666 g/mol. The summed E-state index contributed by atoms with van der Waals surface area (Å²) in [6.07, 6.45) is 0. The van der Waals surface area contributed by atoms with Crippen molar-refractivity contribution in [2.45, 2.75) is 34.0 Å². The molecule has 0 bridgehead atoms. The fourth-order valence-electron chi connectivity index (χ4n) is 6.00. The van der Waals surface area contributed by atoms with Crippen LogP contribution in [0, 0.1) is 0 Å². The molecule has 3 heterocycles. The summed E-state index contributed by atoms with van der Waals surface area (Å²) in [7, 11) is -12.1. The molecule has 2 aromatic carbocycles. The summed E-state index contributed by atoms with van der Waals surface area (Å²) in [5, 5.41) is 0. The fourth-order valence-corrected chi connectivity index (χ4v) is 14.3. The van der Waals surface area contributed by atoms with Crippen LogP contribution in [0.4, 0.5) is 0 Å². The topological polar surface area (TPSA) is 180 Å². The van der Waals surface area contributed by atoms with Crippen LogP contribution in [0.2, 0.25) is 0 Å². The van der Waals surface area contributed by atoms with E-state index in [1.165, 1.54) is 64.8 Å². The Morgan fingerprint density at radius 2 is 0.881 bits per heavy atom. The largest absolute Gasteiger partial charge is 0.497 e. The third-order valence-electron chi connectivity index (χ3n) is 7.75. The van der Waals surface area contributed by atoms with Crippen LogP contribution in [-0.2, 0) is 39.7 Å². The van der Waals surface area contributed by atoms with E-state index in [1.54, 1.807) is 0 Å². The summed E-state index contributed by atoms with van der Waals surface area (Å²) < 4.78 is 132. The Kier molecular flexibility index (Phi) is 7.71. The molecule has 0 amide bonds. The molecule has 4 atom stereocenters. The van der Waals surface area contributed by atoms with Crippen LogP contribution >= 0.6 is 0 Å². The predicted molar refractivity (Wildman–Crippen MR) is 150 cm³/mol. The molecule has 14 nitrogen and oxygen atoms in total. The van der Waals surface area contributed by atoms with E-state index >= 15 is 0 Å². The number of ether oxygens (including phenoxy) is 4. The maximum Gasteiger partial charge on any atom is 0.247 e. The molecule has 0 radical (unpaired) electrons. The number of benzene rings is 2. The lowest BCUT2D eigenvalue weighted by Crippen LogP contribution is -2.69. The molecular weight excluding hydrogens is 637 g/mol. The van der Waals surface area contributed by atoms with Gasteiger partial charge in [-0.2, -0.15) is 8.61 Å². The maximum absolute atomic E-state index is 14.3. The van der Waals surface area contributed by atoms with Gasteiger partial charge in [-0.05, 0) is 24.3 Å². The first kappa shape index (κ1) is 30.8. The molecular formula is C24H30N2O12S4. The number of rotatable bonds is 8. The summed E-state index contributed by atoms with van der Waals surface area (Å²) in [5.74, 6) is -2.70. The van der Waals surface area contributed by atoms with Gasteiger partial charge in [0.2, 0.25) is 20.0 Å². The highest BCUT2D eigenvalue weighted by Gasteiger charge is 2.64. The summed E-state index contributed by atoms with van der Waals surface area (Å²) in [6.45, 7) is 0. The van der Waals surface area contributed by atoms with E-state index in [2.05, 4.69) is 0 Å². The minimum Gasteiger partial charge on any atom is -0.497 e. The van der Waals surface area contributed by atoms with Crippen LogP contribution in [-0.4, -0.2) is 118 Å². The highest BCUT2D eigenvalue weighted by molar-refractivity contribution is 7.93. The molecule has 42 heavy (non-hydrogen) atoms. The van der Waals surface area contributed by atoms with Gasteiger partial charge in [0.05, 0.1) is 75.6 Å². The molecule has 18 heteroatoms. The van der Waals surface area contributed by atoms with Crippen molar-refractivity contribution in [3.63, 3.8) is 0 Å². The number of nitrogens with zero attached hydrogens (tertiary/aromatic N) is 2. The highest BCUT2D eigenvalue weighted by Crippen LogP contribution is 2.45. The van der Waals surface area contributed by atoms with E-state index < -0.39 is 86.9 Å². The molecule has 0 saturated carbocycles. The lowest BCUT2D eigenvalue weighted by molar-refractivity contribution is 0.0838. The molecule has 0 spiro atoms. The van der Waals surface area contributed by atoms with E-state index in [1.807, 2.05) is 0 Å². The van der Waals surface area contributed by atoms with Crippen molar-refractivity contribution in [1.29, 1.82) is 0 Å². The lowest BCUT2D eigenvalue weighted by Gasteiger charge is -2.49. The van der Waals surface area contributed by atoms with Gasteiger partial charge in [-0.25, -0.2) is 33.7 Å². The second-order valence-corrected chi connectivity index (χ2v) is 18.1. The van der Waals surface area contributed by atoms with Crippen molar-refractivity contribution in [1.82, 2.24) is 8.61 Å². The average molecular weight is 667 g/mol. The Bertz CT molecular complexity index is 1670. The highest BCUT2D eigenvalue weighted by atomic mass is 32.2. The van der Waals surface area contributed by atoms with E-state index in [0.29, 0.717) is 0 Å². The summed E-state index contributed by atoms with van der Waals surface area (Å²) in [4.78, 5) is -0.748. The number of piperazine rings is 1. The van der Waals surface area contributed by atoms with Crippen molar-refractivity contribution in [2.75, 3.05) is 51.5 Å². The van der Waals surface area contributed by atoms with Gasteiger partial charge >= 0.3 is 0 Å². The Balaban J connectivity index is 1.74. The quantitative estimate of drug-likeness (QED) is 0.361. The predicted octanol–water partition coefficient (Wildman–Crippen LogP) is -0.253.